The van der Waals surface area contributed by atoms with Crippen LogP contribution in [0.2, 0.25) is 10.0 Å². The third-order valence-electron chi connectivity index (χ3n) is 4.37. The van der Waals surface area contributed by atoms with Gasteiger partial charge < -0.3 is 5.11 Å². The molecule has 7 heteroatoms. The van der Waals surface area contributed by atoms with Crippen molar-refractivity contribution in [3.05, 3.63) is 54.6 Å². The molecular formula is C17H16BrCl2NO2S. The van der Waals surface area contributed by atoms with E-state index in [9.17, 15) is 9.90 Å². The van der Waals surface area contributed by atoms with Crippen LogP contribution in [-0.2, 0) is 4.79 Å². The number of thiophene rings is 1. The van der Waals surface area contributed by atoms with E-state index in [1.807, 2.05) is 24.3 Å². The van der Waals surface area contributed by atoms with Crippen LogP contribution in [0.15, 0.2) is 34.1 Å². The Kier molecular flexibility index (Phi) is 5.88. The molecule has 1 fully saturated rings. The minimum atomic E-state index is -0.695. The van der Waals surface area contributed by atoms with E-state index in [-0.39, 0.29) is 12.0 Å². The van der Waals surface area contributed by atoms with E-state index in [0.717, 1.165) is 22.4 Å². The first-order valence-corrected chi connectivity index (χ1v) is 9.99. The summed E-state index contributed by atoms with van der Waals surface area (Å²) < 4.78 is 1.07. The number of piperidine rings is 1. The van der Waals surface area contributed by atoms with Gasteiger partial charge in [0, 0.05) is 4.88 Å². The lowest BCUT2D eigenvalue weighted by atomic mass is 9.94. The van der Waals surface area contributed by atoms with Crippen molar-refractivity contribution in [2.45, 2.75) is 18.9 Å². The number of carboxylic acids is 1. The quantitative estimate of drug-likeness (QED) is 0.651. The molecule has 1 N–H and O–H groups in total. The summed E-state index contributed by atoms with van der Waals surface area (Å²) in [6.07, 6.45) is 1.33. The molecule has 0 bridgehead atoms. The van der Waals surface area contributed by atoms with E-state index in [2.05, 4.69) is 26.9 Å². The summed E-state index contributed by atoms with van der Waals surface area (Å²) in [7, 11) is 0. The molecule has 1 aromatic heterocycles. The van der Waals surface area contributed by atoms with Gasteiger partial charge in [0.05, 0.1) is 25.8 Å². The maximum atomic E-state index is 11.2. The molecule has 128 valence electrons. The van der Waals surface area contributed by atoms with Gasteiger partial charge in [-0.25, -0.2) is 0 Å². The van der Waals surface area contributed by atoms with E-state index in [4.69, 9.17) is 23.2 Å². The fraction of sp³-hybridized carbons (Fsp3) is 0.353. The van der Waals surface area contributed by atoms with Gasteiger partial charge in [-0.3, -0.25) is 9.69 Å². The Labute approximate surface area is 163 Å². The van der Waals surface area contributed by atoms with Crippen LogP contribution in [0, 0.1) is 5.92 Å². The number of carbonyl (C=O) groups is 1. The highest BCUT2D eigenvalue weighted by molar-refractivity contribution is 9.11. The average Bonchev–Trinajstić information content (AvgIpc) is 2.97. The Morgan fingerprint density at radius 2 is 1.92 bits per heavy atom. The SMILES string of the molecule is O=C(O)C1CCN(C(c2ccc(Cl)c(Cl)c2)c2ccc(Br)s2)CC1. The molecule has 1 atom stereocenters. The molecule has 0 aliphatic carbocycles. The summed E-state index contributed by atoms with van der Waals surface area (Å²) in [4.78, 5) is 14.7. The molecule has 2 heterocycles. The highest BCUT2D eigenvalue weighted by Crippen LogP contribution is 2.39. The zero-order chi connectivity index (χ0) is 17.3. The van der Waals surface area contributed by atoms with Crippen molar-refractivity contribution < 1.29 is 9.90 Å². The number of aliphatic carboxylic acids is 1. The fourth-order valence-corrected chi connectivity index (χ4v) is 5.01. The number of rotatable bonds is 4. The topological polar surface area (TPSA) is 40.5 Å². The molecule has 1 aromatic carbocycles. The second-order valence-electron chi connectivity index (χ2n) is 5.87. The number of benzene rings is 1. The van der Waals surface area contributed by atoms with Crippen molar-refractivity contribution in [2.75, 3.05) is 13.1 Å². The third-order valence-corrected chi connectivity index (χ3v) is 6.78. The van der Waals surface area contributed by atoms with Crippen molar-refractivity contribution in [1.29, 1.82) is 0 Å². The van der Waals surface area contributed by atoms with Crippen LogP contribution in [0.25, 0.3) is 0 Å². The predicted octanol–water partition coefficient (Wildman–Crippen LogP) is 5.70. The summed E-state index contributed by atoms with van der Waals surface area (Å²) >= 11 is 17.5. The Morgan fingerprint density at radius 1 is 1.21 bits per heavy atom. The fourth-order valence-electron chi connectivity index (χ4n) is 3.12. The van der Waals surface area contributed by atoms with Crippen LogP contribution in [0.1, 0.15) is 29.3 Å². The number of likely N-dealkylation sites (tertiary alicyclic amines) is 1. The molecule has 0 spiro atoms. The first kappa shape index (κ1) is 18.2. The predicted molar refractivity (Wildman–Crippen MR) is 102 cm³/mol. The molecule has 3 rings (SSSR count). The summed E-state index contributed by atoms with van der Waals surface area (Å²) in [5, 5.41) is 10.3. The molecular weight excluding hydrogens is 433 g/mol. The minimum Gasteiger partial charge on any atom is -0.481 e. The molecule has 0 amide bonds. The monoisotopic (exact) mass is 447 g/mol. The Balaban J connectivity index is 1.91. The van der Waals surface area contributed by atoms with Crippen LogP contribution in [0.3, 0.4) is 0 Å². The van der Waals surface area contributed by atoms with Crippen molar-refractivity contribution in [1.82, 2.24) is 4.90 Å². The third kappa shape index (κ3) is 3.97. The molecule has 24 heavy (non-hydrogen) atoms. The number of halogens is 3. The second-order valence-corrected chi connectivity index (χ2v) is 9.18. The molecule has 1 aliphatic rings. The molecule has 0 radical (unpaired) electrons. The van der Waals surface area contributed by atoms with Crippen molar-refractivity contribution >= 4 is 56.4 Å². The Bertz CT molecular complexity index is 744. The van der Waals surface area contributed by atoms with Crippen molar-refractivity contribution in [3.63, 3.8) is 0 Å². The maximum absolute atomic E-state index is 11.2. The van der Waals surface area contributed by atoms with Gasteiger partial charge in [-0.1, -0.05) is 29.3 Å². The summed E-state index contributed by atoms with van der Waals surface area (Å²) in [5.74, 6) is -0.939. The molecule has 1 unspecified atom stereocenters. The van der Waals surface area contributed by atoms with Crippen LogP contribution in [-0.4, -0.2) is 29.1 Å². The zero-order valence-corrected chi connectivity index (χ0v) is 16.6. The second kappa shape index (κ2) is 7.75. The zero-order valence-electron chi connectivity index (χ0n) is 12.7. The lowest BCUT2D eigenvalue weighted by molar-refractivity contribution is -0.143. The highest BCUT2D eigenvalue weighted by atomic mass is 79.9. The van der Waals surface area contributed by atoms with E-state index >= 15 is 0 Å². The Hall–Kier alpha value is -0.590. The number of hydrogen-bond donors (Lipinski definition) is 1. The molecule has 0 saturated carbocycles. The highest BCUT2D eigenvalue weighted by Gasteiger charge is 2.31. The van der Waals surface area contributed by atoms with Crippen LogP contribution >= 0.6 is 50.5 Å². The largest absolute Gasteiger partial charge is 0.481 e. The van der Waals surface area contributed by atoms with Crippen molar-refractivity contribution in [3.8, 4) is 0 Å². The normalized spacial score (nSPS) is 17.8. The molecule has 1 saturated heterocycles. The molecule has 2 aromatic rings. The van der Waals surface area contributed by atoms with Gasteiger partial charge in [0.25, 0.3) is 0 Å². The van der Waals surface area contributed by atoms with Gasteiger partial charge >= 0.3 is 5.97 Å². The number of carboxylic acid groups (broad SMARTS) is 1. The first-order chi connectivity index (χ1) is 11.5. The lowest BCUT2D eigenvalue weighted by Gasteiger charge is -2.36. The minimum absolute atomic E-state index is 0.0609. The first-order valence-electron chi connectivity index (χ1n) is 7.62. The maximum Gasteiger partial charge on any atom is 0.306 e. The van der Waals surface area contributed by atoms with E-state index < -0.39 is 5.97 Å². The summed E-state index contributed by atoms with van der Waals surface area (Å²) in [5.41, 5.74) is 1.08. The van der Waals surface area contributed by atoms with E-state index in [0.29, 0.717) is 22.9 Å². The van der Waals surface area contributed by atoms with Gasteiger partial charge in [0.1, 0.15) is 0 Å². The van der Waals surface area contributed by atoms with E-state index in [1.54, 1.807) is 11.3 Å². The van der Waals surface area contributed by atoms with E-state index in [1.165, 1.54) is 4.88 Å². The number of hydrogen-bond acceptors (Lipinski definition) is 3. The lowest BCUT2D eigenvalue weighted by Crippen LogP contribution is -2.39. The summed E-state index contributed by atoms with van der Waals surface area (Å²) in [6, 6.07) is 9.92. The van der Waals surface area contributed by atoms with Gasteiger partial charge in [-0.05, 0) is 71.7 Å². The van der Waals surface area contributed by atoms with Gasteiger partial charge in [0.2, 0.25) is 0 Å². The standard InChI is InChI=1S/C17H16BrCl2NO2S/c18-15-4-3-14(24-15)16(11-1-2-12(19)13(20)9-11)21-7-5-10(6-8-21)17(22)23/h1-4,9-10,16H,5-8H2,(H,22,23). The average molecular weight is 449 g/mol. The van der Waals surface area contributed by atoms with Crippen LogP contribution in [0.4, 0.5) is 0 Å². The van der Waals surface area contributed by atoms with Gasteiger partial charge in [-0.15, -0.1) is 11.3 Å². The van der Waals surface area contributed by atoms with Crippen molar-refractivity contribution in [2.24, 2.45) is 5.92 Å². The number of nitrogens with zero attached hydrogens (tertiary/aromatic N) is 1. The van der Waals surface area contributed by atoms with Gasteiger partial charge in [0.15, 0.2) is 0 Å². The Morgan fingerprint density at radius 3 is 2.46 bits per heavy atom. The smallest absolute Gasteiger partial charge is 0.306 e. The van der Waals surface area contributed by atoms with Crippen LogP contribution in [0.5, 0.6) is 0 Å². The van der Waals surface area contributed by atoms with Crippen LogP contribution < -0.4 is 0 Å². The van der Waals surface area contributed by atoms with Gasteiger partial charge in [-0.2, -0.15) is 0 Å². The molecule has 3 nitrogen and oxygen atoms in total. The molecule has 1 aliphatic heterocycles. The summed E-state index contributed by atoms with van der Waals surface area (Å²) in [6.45, 7) is 1.49.